The maximum atomic E-state index is 5.91. The lowest BCUT2D eigenvalue weighted by Crippen LogP contribution is -2.42. The number of rotatable bonds is 3. The lowest BCUT2D eigenvalue weighted by molar-refractivity contribution is 0.0867. The number of piperidine rings is 1. The van der Waals surface area contributed by atoms with Crippen LogP contribution in [-0.2, 0) is 0 Å². The molecule has 2 rings (SSSR count). The molecule has 0 bridgehead atoms. The highest BCUT2D eigenvalue weighted by molar-refractivity contribution is 5.10. The minimum Gasteiger partial charge on any atom is -0.465 e. The smallest absolute Gasteiger partial charge is 0.122 e. The van der Waals surface area contributed by atoms with Gasteiger partial charge in [-0.25, -0.2) is 0 Å². The first-order chi connectivity index (χ1) is 8.02. The second kappa shape index (κ2) is 4.83. The van der Waals surface area contributed by atoms with Crippen molar-refractivity contribution in [1.82, 2.24) is 4.90 Å². The molecule has 1 aliphatic heterocycles. The minimum atomic E-state index is 0.250. The number of aryl methyl sites for hydroxylation is 1. The normalized spacial score (nSPS) is 22.6. The largest absolute Gasteiger partial charge is 0.465 e. The predicted octanol–water partition coefficient (Wildman–Crippen LogP) is 2.71. The predicted molar refractivity (Wildman–Crippen MR) is 69.8 cm³/mol. The Morgan fingerprint density at radius 3 is 2.47 bits per heavy atom. The third kappa shape index (κ3) is 2.90. The summed E-state index contributed by atoms with van der Waals surface area (Å²) < 4.78 is 5.72. The Balaban J connectivity index is 2.05. The number of nitrogens with zero attached hydrogens (tertiary/aromatic N) is 1. The van der Waals surface area contributed by atoms with Crippen LogP contribution in [0.2, 0.25) is 0 Å². The van der Waals surface area contributed by atoms with Gasteiger partial charge in [-0.1, -0.05) is 13.8 Å². The molecule has 1 saturated heterocycles. The first-order valence-corrected chi connectivity index (χ1v) is 6.52. The van der Waals surface area contributed by atoms with Crippen molar-refractivity contribution in [3.63, 3.8) is 0 Å². The maximum absolute atomic E-state index is 5.91. The zero-order chi connectivity index (χ0) is 12.5. The number of hydrogen-bond donors (Lipinski definition) is 1. The molecule has 0 radical (unpaired) electrons. The first-order valence-electron chi connectivity index (χ1n) is 6.52. The fourth-order valence-electron chi connectivity index (χ4n) is 2.52. The van der Waals surface area contributed by atoms with Gasteiger partial charge in [0.15, 0.2) is 0 Å². The maximum Gasteiger partial charge on any atom is 0.122 e. The van der Waals surface area contributed by atoms with Crippen molar-refractivity contribution in [1.29, 1.82) is 0 Å². The molecule has 3 nitrogen and oxygen atoms in total. The summed E-state index contributed by atoms with van der Waals surface area (Å²) in [5.74, 6) is 1.99. The standard InChI is InChI=1S/C14H24N2O/c1-11-4-5-13(17-11)12(10-15)16-8-6-14(2,3)7-9-16/h4-5,12H,6-10,15H2,1-3H3. The Morgan fingerprint density at radius 2 is 2.00 bits per heavy atom. The fraction of sp³-hybridized carbons (Fsp3) is 0.714. The van der Waals surface area contributed by atoms with Gasteiger partial charge in [0.25, 0.3) is 0 Å². The van der Waals surface area contributed by atoms with Gasteiger partial charge in [0.05, 0.1) is 6.04 Å². The van der Waals surface area contributed by atoms with Gasteiger partial charge in [-0.15, -0.1) is 0 Å². The monoisotopic (exact) mass is 236 g/mol. The van der Waals surface area contributed by atoms with Crippen LogP contribution in [0.25, 0.3) is 0 Å². The summed E-state index contributed by atoms with van der Waals surface area (Å²) in [4.78, 5) is 2.46. The van der Waals surface area contributed by atoms with Gasteiger partial charge in [-0.05, 0) is 50.4 Å². The van der Waals surface area contributed by atoms with Crippen LogP contribution in [0.1, 0.15) is 44.3 Å². The molecule has 1 fully saturated rings. The van der Waals surface area contributed by atoms with Crippen LogP contribution in [0.4, 0.5) is 0 Å². The number of likely N-dealkylation sites (tertiary alicyclic amines) is 1. The molecule has 17 heavy (non-hydrogen) atoms. The summed E-state index contributed by atoms with van der Waals surface area (Å²) in [6.07, 6.45) is 2.48. The van der Waals surface area contributed by atoms with E-state index in [-0.39, 0.29) is 6.04 Å². The lowest BCUT2D eigenvalue weighted by Gasteiger charge is -2.40. The summed E-state index contributed by atoms with van der Waals surface area (Å²) >= 11 is 0. The van der Waals surface area contributed by atoms with E-state index in [1.54, 1.807) is 0 Å². The molecule has 0 spiro atoms. The zero-order valence-electron chi connectivity index (χ0n) is 11.2. The average molecular weight is 236 g/mol. The summed E-state index contributed by atoms with van der Waals surface area (Å²) in [7, 11) is 0. The van der Waals surface area contributed by atoms with Crippen molar-refractivity contribution < 1.29 is 4.42 Å². The highest BCUT2D eigenvalue weighted by atomic mass is 16.3. The topological polar surface area (TPSA) is 42.4 Å². The van der Waals surface area contributed by atoms with E-state index in [4.69, 9.17) is 10.2 Å². The molecular weight excluding hydrogens is 212 g/mol. The van der Waals surface area contributed by atoms with E-state index >= 15 is 0 Å². The molecule has 3 heteroatoms. The first kappa shape index (κ1) is 12.7. The molecule has 0 aromatic carbocycles. The molecule has 0 aliphatic carbocycles. The van der Waals surface area contributed by atoms with Crippen molar-refractivity contribution in [3.8, 4) is 0 Å². The Morgan fingerprint density at radius 1 is 1.35 bits per heavy atom. The summed E-state index contributed by atoms with van der Waals surface area (Å²) in [6, 6.07) is 4.33. The van der Waals surface area contributed by atoms with Crippen LogP contribution in [0.5, 0.6) is 0 Å². The van der Waals surface area contributed by atoms with E-state index < -0.39 is 0 Å². The fourth-order valence-corrected chi connectivity index (χ4v) is 2.52. The van der Waals surface area contributed by atoms with E-state index in [1.165, 1.54) is 12.8 Å². The van der Waals surface area contributed by atoms with Gasteiger partial charge in [0.2, 0.25) is 0 Å². The van der Waals surface area contributed by atoms with Gasteiger partial charge in [0.1, 0.15) is 11.5 Å². The molecule has 1 aromatic heterocycles. The Labute approximate surface area is 104 Å². The van der Waals surface area contributed by atoms with E-state index in [0.29, 0.717) is 12.0 Å². The van der Waals surface area contributed by atoms with Crippen molar-refractivity contribution in [3.05, 3.63) is 23.7 Å². The van der Waals surface area contributed by atoms with Crippen molar-refractivity contribution in [2.24, 2.45) is 11.1 Å². The van der Waals surface area contributed by atoms with Crippen LogP contribution in [0.15, 0.2) is 16.5 Å². The molecule has 0 amide bonds. The Bertz CT molecular complexity index is 360. The molecule has 2 N–H and O–H groups in total. The summed E-state index contributed by atoms with van der Waals surface area (Å²) in [6.45, 7) is 9.55. The van der Waals surface area contributed by atoms with Gasteiger partial charge in [-0.2, -0.15) is 0 Å². The third-order valence-electron chi connectivity index (χ3n) is 3.91. The molecule has 96 valence electrons. The number of hydrogen-bond acceptors (Lipinski definition) is 3. The third-order valence-corrected chi connectivity index (χ3v) is 3.91. The van der Waals surface area contributed by atoms with E-state index in [2.05, 4.69) is 24.8 Å². The SMILES string of the molecule is Cc1ccc(C(CN)N2CCC(C)(C)CC2)o1. The average Bonchev–Trinajstić information content (AvgIpc) is 2.68. The van der Waals surface area contributed by atoms with Crippen LogP contribution in [-0.4, -0.2) is 24.5 Å². The summed E-state index contributed by atoms with van der Waals surface area (Å²) in [5, 5.41) is 0. The second-order valence-electron chi connectivity index (χ2n) is 5.90. The molecule has 1 aliphatic rings. The second-order valence-corrected chi connectivity index (χ2v) is 5.90. The molecular formula is C14H24N2O. The highest BCUT2D eigenvalue weighted by Crippen LogP contribution is 2.33. The van der Waals surface area contributed by atoms with Gasteiger partial charge in [-0.3, -0.25) is 4.90 Å². The van der Waals surface area contributed by atoms with E-state index in [9.17, 15) is 0 Å². The van der Waals surface area contributed by atoms with Crippen molar-refractivity contribution in [2.75, 3.05) is 19.6 Å². The summed E-state index contributed by atoms with van der Waals surface area (Å²) in [5.41, 5.74) is 6.39. The van der Waals surface area contributed by atoms with Gasteiger partial charge >= 0.3 is 0 Å². The van der Waals surface area contributed by atoms with Crippen molar-refractivity contribution in [2.45, 2.75) is 39.7 Å². The number of furan rings is 1. The highest BCUT2D eigenvalue weighted by Gasteiger charge is 2.30. The molecule has 1 unspecified atom stereocenters. The molecule has 1 aromatic rings. The van der Waals surface area contributed by atoms with E-state index in [1.807, 2.05) is 13.0 Å². The lowest BCUT2D eigenvalue weighted by atomic mass is 9.82. The van der Waals surface area contributed by atoms with Crippen molar-refractivity contribution >= 4 is 0 Å². The van der Waals surface area contributed by atoms with Gasteiger partial charge < -0.3 is 10.2 Å². The Kier molecular flexibility index (Phi) is 3.59. The van der Waals surface area contributed by atoms with E-state index in [0.717, 1.165) is 24.6 Å². The van der Waals surface area contributed by atoms with Crippen LogP contribution >= 0.6 is 0 Å². The number of nitrogens with two attached hydrogens (primary N) is 1. The molecule has 1 atom stereocenters. The zero-order valence-corrected chi connectivity index (χ0v) is 11.2. The molecule has 2 heterocycles. The quantitative estimate of drug-likeness (QED) is 0.877. The minimum absolute atomic E-state index is 0.250. The molecule has 0 saturated carbocycles. The van der Waals surface area contributed by atoms with Crippen LogP contribution < -0.4 is 5.73 Å². The van der Waals surface area contributed by atoms with Crippen LogP contribution in [0.3, 0.4) is 0 Å². The van der Waals surface area contributed by atoms with Gasteiger partial charge in [0, 0.05) is 6.54 Å². The van der Waals surface area contributed by atoms with Crippen LogP contribution in [0, 0.1) is 12.3 Å². The Hall–Kier alpha value is -0.800.